The number of phenols is 3. The Morgan fingerprint density at radius 3 is 2.56 bits per heavy atom. The summed E-state index contributed by atoms with van der Waals surface area (Å²) in [4.78, 5) is 12.9. The Kier molecular flexibility index (Phi) is 4.81. The number of benzene rings is 2. The minimum absolute atomic E-state index is 0.0108. The molecular weight excluding hydrogens is 348 g/mol. The number of allylic oxidation sites excluding steroid dienone is 2. The molecule has 0 spiro atoms. The minimum Gasteiger partial charge on any atom is -0.508 e. The second-order valence-electron chi connectivity index (χ2n) is 6.49. The second-order valence-corrected chi connectivity index (χ2v) is 6.49. The third-order valence-corrected chi connectivity index (χ3v) is 4.26. The molecule has 0 unspecified atom stereocenters. The summed E-state index contributed by atoms with van der Waals surface area (Å²) in [6.07, 6.45) is 3.69. The first-order chi connectivity index (χ1) is 12.8. The average molecular weight is 368 g/mol. The number of ether oxygens (including phenoxy) is 1. The van der Waals surface area contributed by atoms with E-state index in [4.69, 9.17) is 9.15 Å². The van der Waals surface area contributed by atoms with E-state index < -0.39 is 5.43 Å². The number of hydrogen-bond donors (Lipinski definition) is 3. The van der Waals surface area contributed by atoms with Crippen LogP contribution in [-0.2, 0) is 6.42 Å². The number of fused-ring (bicyclic) bond motifs is 1. The van der Waals surface area contributed by atoms with Crippen LogP contribution in [0.2, 0.25) is 0 Å². The normalized spacial score (nSPS) is 10.8. The summed E-state index contributed by atoms with van der Waals surface area (Å²) < 4.78 is 10.7. The van der Waals surface area contributed by atoms with Crippen molar-refractivity contribution in [1.29, 1.82) is 0 Å². The lowest BCUT2D eigenvalue weighted by Crippen LogP contribution is -2.05. The first kappa shape index (κ1) is 18.4. The van der Waals surface area contributed by atoms with Gasteiger partial charge in [-0.05, 0) is 38.0 Å². The highest BCUT2D eigenvalue weighted by Gasteiger charge is 2.17. The summed E-state index contributed by atoms with van der Waals surface area (Å²) in [5, 5.41) is 30.0. The first-order valence-corrected chi connectivity index (χ1v) is 8.33. The highest BCUT2D eigenvalue weighted by atomic mass is 16.5. The van der Waals surface area contributed by atoms with Crippen LogP contribution in [0.1, 0.15) is 19.4 Å². The molecule has 0 amide bonds. The lowest BCUT2D eigenvalue weighted by Gasteiger charge is -2.12. The molecule has 2 aromatic carbocycles. The molecule has 0 aliphatic heterocycles. The summed E-state index contributed by atoms with van der Waals surface area (Å²) in [5.41, 5.74) is 2.02. The molecule has 3 aromatic rings. The van der Waals surface area contributed by atoms with E-state index >= 15 is 0 Å². The molecule has 0 saturated carbocycles. The van der Waals surface area contributed by atoms with Crippen molar-refractivity contribution in [3.05, 3.63) is 58.0 Å². The van der Waals surface area contributed by atoms with Gasteiger partial charge in [0.05, 0.1) is 12.7 Å². The Hall–Kier alpha value is -3.41. The quantitative estimate of drug-likeness (QED) is 0.600. The van der Waals surface area contributed by atoms with E-state index in [-0.39, 0.29) is 39.5 Å². The first-order valence-electron chi connectivity index (χ1n) is 8.33. The summed E-state index contributed by atoms with van der Waals surface area (Å²) in [7, 11) is 1.43. The number of rotatable bonds is 4. The van der Waals surface area contributed by atoms with E-state index in [1.807, 2.05) is 19.9 Å². The molecule has 0 aliphatic carbocycles. The molecule has 140 valence electrons. The zero-order valence-corrected chi connectivity index (χ0v) is 15.2. The van der Waals surface area contributed by atoms with Crippen molar-refractivity contribution < 1.29 is 24.5 Å². The maximum Gasteiger partial charge on any atom is 0.204 e. The molecular formula is C21H20O6. The average Bonchev–Trinajstić information content (AvgIpc) is 2.60. The van der Waals surface area contributed by atoms with Gasteiger partial charge in [-0.1, -0.05) is 11.6 Å². The van der Waals surface area contributed by atoms with Crippen LogP contribution in [0.4, 0.5) is 0 Å². The van der Waals surface area contributed by atoms with Gasteiger partial charge in [-0.15, -0.1) is 0 Å². The van der Waals surface area contributed by atoms with Crippen molar-refractivity contribution in [3.8, 4) is 34.1 Å². The summed E-state index contributed by atoms with van der Waals surface area (Å²) in [6, 6.07) is 5.57. The summed E-state index contributed by atoms with van der Waals surface area (Å²) in [6.45, 7) is 3.91. The smallest absolute Gasteiger partial charge is 0.204 e. The van der Waals surface area contributed by atoms with Crippen LogP contribution in [0.25, 0.3) is 22.1 Å². The number of methoxy groups -OCH3 is 1. The van der Waals surface area contributed by atoms with Crippen LogP contribution in [0.3, 0.4) is 0 Å². The van der Waals surface area contributed by atoms with Gasteiger partial charge in [0.15, 0.2) is 11.5 Å². The van der Waals surface area contributed by atoms with Gasteiger partial charge >= 0.3 is 0 Å². The number of aromatic hydroxyl groups is 3. The van der Waals surface area contributed by atoms with Gasteiger partial charge in [0.25, 0.3) is 0 Å². The molecule has 27 heavy (non-hydrogen) atoms. The monoisotopic (exact) mass is 368 g/mol. The molecule has 3 N–H and O–H groups in total. The third kappa shape index (κ3) is 3.46. The van der Waals surface area contributed by atoms with Crippen LogP contribution < -0.4 is 10.2 Å². The van der Waals surface area contributed by atoms with Gasteiger partial charge in [-0.3, -0.25) is 4.79 Å². The van der Waals surface area contributed by atoms with Gasteiger partial charge in [0.2, 0.25) is 5.43 Å². The Morgan fingerprint density at radius 1 is 1.15 bits per heavy atom. The lowest BCUT2D eigenvalue weighted by molar-refractivity contribution is 0.371. The zero-order valence-electron chi connectivity index (χ0n) is 15.2. The summed E-state index contributed by atoms with van der Waals surface area (Å²) in [5.74, 6) is -0.321. The van der Waals surface area contributed by atoms with E-state index in [1.54, 1.807) is 6.07 Å². The van der Waals surface area contributed by atoms with Crippen molar-refractivity contribution in [3.63, 3.8) is 0 Å². The minimum atomic E-state index is -0.449. The van der Waals surface area contributed by atoms with Crippen LogP contribution in [0, 0.1) is 0 Å². The molecule has 0 bridgehead atoms. The fourth-order valence-electron chi connectivity index (χ4n) is 2.86. The van der Waals surface area contributed by atoms with E-state index in [0.717, 1.165) is 11.6 Å². The van der Waals surface area contributed by atoms with Crippen LogP contribution in [0.15, 0.2) is 51.4 Å². The second kappa shape index (κ2) is 7.07. The van der Waals surface area contributed by atoms with Gasteiger partial charge in [0, 0.05) is 17.7 Å². The predicted octanol–water partition coefficient (Wildman–Crippen LogP) is 4.09. The molecule has 6 heteroatoms. The van der Waals surface area contributed by atoms with Crippen molar-refractivity contribution in [2.24, 2.45) is 0 Å². The number of hydrogen-bond acceptors (Lipinski definition) is 6. The molecule has 0 radical (unpaired) electrons. The largest absolute Gasteiger partial charge is 0.508 e. The van der Waals surface area contributed by atoms with Gasteiger partial charge in [-0.2, -0.15) is 0 Å². The highest BCUT2D eigenvalue weighted by Crippen LogP contribution is 2.36. The molecule has 3 rings (SSSR count). The molecule has 0 saturated heterocycles. The predicted molar refractivity (Wildman–Crippen MR) is 103 cm³/mol. The van der Waals surface area contributed by atoms with Crippen molar-refractivity contribution in [1.82, 2.24) is 0 Å². The van der Waals surface area contributed by atoms with Crippen LogP contribution in [0.5, 0.6) is 23.0 Å². The van der Waals surface area contributed by atoms with Crippen molar-refractivity contribution in [2.45, 2.75) is 20.3 Å². The van der Waals surface area contributed by atoms with Crippen molar-refractivity contribution in [2.75, 3.05) is 7.11 Å². The number of phenolic OH excluding ortho intramolecular Hbond substituents is 3. The molecule has 0 aliphatic rings. The maximum absolute atomic E-state index is 12.9. The Labute approximate surface area is 155 Å². The van der Waals surface area contributed by atoms with E-state index in [1.165, 1.54) is 25.5 Å². The standard InChI is InChI=1S/C21H20O6/c1-11(2)4-5-12-6-13(7-18(26-3)20(12)24)15-10-27-17-9-14(22)8-16(23)19(17)21(15)25/h4,6-10,22-24H,5H2,1-3H3. The van der Waals surface area contributed by atoms with Gasteiger partial charge < -0.3 is 24.5 Å². The third-order valence-electron chi connectivity index (χ3n) is 4.26. The van der Waals surface area contributed by atoms with E-state index in [9.17, 15) is 20.1 Å². The van der Waals surface area contributed by atoms with Crippen LogP contribution in [-0.4, -0.2) is 22.4 Å². The van der Waals surface area contributed by atoms with E-state index in [0.29, 0.717) is 17.5 Å². The molecule has 1 aromatic heterocycles. The topological polar surface area (TPSA) is 100 Å². The zero-order chi connectivity index (χ0) is 19.7. The Morgan fingerprint density at radius 2 is 1.89 bits per heavy atom. The molecule has 0 fully saturated rings. The fraction of sp³-hybridized carbons (Fsp3) is 0.190. The van der Waals surface area contributed by atoms with Crippen molar-refractivity contribution >= 4 is 11.0 Å². The van der Waals surface area contributed by atoms with Crippen LogP contribution >= 0.6 is 0 Å². The Balaban J connectivity index is 2.24. The maximum atomic E-state index is 12.9. The fourth-order valence-corrected chi connectivity index (χ4v) is 2.86. The van der Waals surface area contributed by atoms with Gasteiger partial charge in [-0.25, -0.2) is 0 Å². The highest BCUT2D eigenvalue weighted by molar-refractivity contribution is 5.88. The lowest BCUT2D eigenvalue weighted by atomic mass is 9.99. The van der Waals surface area contributed by atoms with E-state index in [2.05, 4.69) is 0 Å². The molecule has 0 atom stereocenters. The molecule has 6 nitrogen and oxygen atoms in total. The summed E-state index contributed by atoms with van der Waals surface area (Å²) >= 11 is 0. The Bertz CT molecular complexity index is 1100. The molecule has 1 heterocycles. The van der Waals surface area contributed by atoms with Gasteiger partial charge in [0.1, 0.15) is 28.7 Å². The SMILES string of the molecule is COc1cc(-c2coc3cc(O)cc(O)c3c2=O)cc(CC=C(C)C)c1O.